The van der Waals surface area contributed by atoms with Gasteiger partial charge in [-0.2, -0.15) is 0 Å². The number of aryl methyl sites for hydroxylation is 1. The van der Waals surface area contributed by atoms with Crippen molar-refractivity contribution in [2.45, 2.75) is 46.6 Å². The van der Waals surface area contributed by atoms with Gasteiger partial charge < -0.3 is 15.0 Å². The molecule has 5 nitrogen and oxygen atoms in total. The average Bonchev–Trinajstić information content (AvgIpc) is 2.56. The highest BCUT2D eigenvalue weighted by molar-refractivity contribution is 5.93. The molecule has 0 aliphatic carbocycles. The molecule has 0 fully saturated rings. The normalized spacial score (nSPS) is 13.1. The van der Waals surface area contributed by atoms with Crippen LogP contribution in [0.15, 0.2) is 12.1 Å². The zero-order valence-corrected chi connectivity index (χ0v) is 12.9. The smallest absolute Gasteiger partial charge is 0.305 e. The predicted molar refractivity (Wildman–Crippen MR) is 77.7 cm³/mol. The van der Waals surface area contributed by atoms with Crippen LogP contribution < -0.4 is 5.32 Å². The quantitative estimate of drug-likeness (QED) is 0.869. The number of carbonyl (C=O) groups excluding carboxylic acids is 1. The minimum Gasteiger partial charge on any atom is -0.481 e. The van der Waals surface area contributed by atoms with Gasteiger partial charge in [0.05, 0.1) is 6.42 Å². The second-order valence-corrected chi connectivity index (χ2v) is 6.45. The Labute approximate surface area is 120 Å². The first kappa shape index (κ1) is 16.3. The lowest BCUT2D eigenvalue weighted by Crippen LogP contribution is -2.39. The highest BCUT2D eigenvalue weighted by Gasteiger charge is 2.24. The van der Waals surface area contributed by atoms with Gasteiger partial charge in [-0.05, 0) is 30.9 Å². The Morgan fingerprint density at radius 3 is 2.35 bits per heavy atom. The summed E-state index contributed by atoms with van der Waals surface area (Å²) in [6.45, 7) is 8.00. The second kappa shape index (κ2) is 6.11. The molecule has 0 aliphatic rings. The van der Waals surface area contributed by atoms with Gasteiger partial charge in [0, 0.05) is 18.8 Å². The van der Waals surface area contributed by atoms with Crippen molar-refractivity contribution in [2.24, 2.45) is 12.5 Å². The summed E-state index contributed by atoms with van der Waals surface area (Å²) in [5.74, 6) is -1.13. The van der Waals surface area contributed by atoms with Gasteiger partial charge in [-0.15, -0.1) is 0 Å². The molecule has 112 valence electrons. The van der Waals surface area contributed by atoms with Crippen molar-refractivity contribution < 1.29 is 14.7 Å². The molecule has 1 atom stereocenters. The van der Waals surface area contributed by atoms with E-state index in [9.17, 15) is 9.59 Å². The Morgan fingerprint density at radius 1 is 1.35 bits per heavy atom. The number of hydrogen-bond acceptors (Lipinski definition) is 2. The van der Waals surface area contributed by atoms with Crippen molar-refractivity contribution in [3.05, 3.63) is 23.5 Å². The number of hydrogen-bond donors (Lipinski definition) is 2. The maximum absolute atomic E-state index is 12.2. The maximum Gasteiger partial charge on any atom is 0.305 e. The molecule has 0 saturated heterocycles. The Morgan fingerprint density at radius 2 is 1.95 bits per heavy atom. The number of nitrogens with zero attached hydrogens (tertiary/aromatic N) is 1. The molecule has 0 bridgehead atoms. The zero-order valence-electron chi connectivity index (χ0n) is 12.9. The molecule has 0 saturated carbocycles. The van der Waals surface area contributed by atoms with Crippen LogP contribution in [-0.4, -0.2) is 27.6 Å². The summed E-state index contributed by atoms with van der Waals surface area (Å²) in [5.41, 5.74) is 1.49. The first-order valence-electron chi connectivity index (χ1n) is 6.75. The summed E-state index contributed by atoms with van der Waals surface area (Å²) >= 11 is 0. The summed E-state index contributed by atoms with van der Waals surface area (Å²) in [4.78, 5) is 23.2. The molecule has 0 radical (unpaired) electrons. The molecular formula is C15H24N2O3. The van der Waals surface area contributed by atoms with Gasteiger partial charge in [-0.1, -0.05) is 20.8 Å². The van der Waals surface area contributed by atoms with Crippen LogP contribution in [0, 0.1) is 12.3 Å². The van der Waals surface area contributed by atoms with Crippen molar-refractivity contribution in [2.75, 3.05) is 0 Å². The van der Waals surface area contributed by atoms with E-state index in [2.05, 4.69) is 5.32 Å². The molecule has 0 spiro atoms. The highest BCUT2D eigenvalue weighted by atomic mass is 16.4. The summed E-state index contributed by atoms with van der Waals surface area (Å²) < 4.78 is 1.80. The fourth-order valence-electron chi connectivity index (χ4n) is 2.22. The Balaban J connectivity index is 2.81. The van der Waals surface area contributed by atoms with Crippen molar-refractivity contribution >= 4 is 11.9 Å². The van der Waals surface area contributed by atoms with E-state index in [-0.39, 0.29) is 23.8 Å². The van der Waals surface area contributed by atoms with Gasteiger partial charge in [-0.25, -0.2) is 0 Å². The van der Waals surface area contributed by atoms with E-state index in [4.69, 9.17) is 5.11 Å². The van der Waals surface area contributed by atoms with E-state index < -0.39 is 5.97 Å². The predicted octanol–water partition coefficient (Wildman–Crippen LogP) is 2.34. The first-order valence-corrected chi connectivity index (χ1v) is 6.75. The molecule has 1 rings (SSSR count). The van der Waals surface area contributed by atoms with Crippen LogP contribution in [0.3, 0.4) is 0 Å². The van der Waals surface area contributed by atoms with Crippen LogP contribution in [0.1, 0.15) is 49.8 Å². The van der Waals surface area contributed by atoms with E-state index in [0.717, 1.165) is 5.69 Å². The Kier molecular flexibility index (Phi) is 4.98. The van der Waals surface area contributed by atoms with Crippen LogP contribution in [-0.2, 0) is 11.8 Å². The Bertz CT molecular complexity index is 498. The van der Waals surface area contributed by atoms with Crippen LogP contribution >= 0.6 is 0 Å². The molecule has 20 heavy (non-hydrogen) atoms. The topological polar surface area (TPSA) is 71.3 Å². The molecule has 0 aliphatic heterocycles. The van der Waals surface area contributed by atoms with E-state index in [1.807, 2.05) is 40.8 Å². The standard InChI is InChI=1S/C15H24N2O3/c1-10-6-7-12(17(10)5)14(20)16-11(8-13(18)19)9-15(2,3)4/h6-7,11H,8-9H2,1-5H3,(H,16,20)(H,18,19). The highest BCUT2D eigenvalue weighted by Crippen LogP contribution is 2.22. The third kappa shape index (κ3) is 4.72. The summed E-state index contributed by atoms with van der Waals surface area (Å²) in [7, 11) is 1.82. The summed E-state index contributed by atoms with van der Waals surface area (Å²) in [6, 6.07) is 3.25. The fourth-order valence-corrected chi connectivity index (χ4v) is 2.22. The number of carboxylic acids is 1. The lowest BCUT2D eigenvalue weighted by Gasteiger charge is -2.26. The van der Waals surface area contributed by atoms with Gasteiger partial charge in [0.2, 0.25) is 0 Å². The second-order valence-electron chi connectivity index (χ2n) is 6.45. The van der Waals surface area contributed by atoms with Gasteiger partial charge >= 0.3 is 5.97 Å². The number of carboxylic acid groups (broad SMARTS) is 1. The third-order valence-corrected chi connectivity index (χ3v) is 3.22. The first-order chi connectivity index (χ1) is 9.10. The Hall–Kier alpha value is -1.78. The minimum absolute atomic E-state index is 0.0441. The third-order valence-electron chi connectivity index (χ3n) is 3.22. The van der Waals surface area contributed by atoms with Crippen molar-refractivity contribution in [3.63, 3.8) is 0 Å². The number of carbonyl (C=O) groups is 2. The monoisotopic (exact) mass is 280 g/mol. The van der Waals surface area contributed by atoms with Crippen LogP contribution in [0.4, 0.5) is 0 Å². The molecule has 0 aromatic carbocycles. The largest absolute Gasteiger partial charge is 0.481 e. The van der Waals surface area contributed by atoms with Crippen molar-refractivity contribution in [1.82, 2.24) is 9.88 Å². The molecule has 1 amide bonds. The molecule has 2 N–H and O–H groups in total. The number of aromatic nitrogens is 1. The van der Waals surface area contributed by atoms with Crippen LogP contribution in [0.25, 0.3) is 0 Å². The van der Waals surface area contributed by atoms with Crippen molar-refractivity contribution in [1.29, 1.82) is 0 Å². The number of nitrogens with one attached hydrogen (secondary N) is 1. The maximum atomic E-state index is 12.2. The van der Waals surface area contributed by atoms with Gasteiger partial charge in [-0.3, -0.25) is 9.59 Å². The van der Waals surface area contributed by atoms with E-state index >= 15 is 0 Å². The molecule has 1 aromatic rings. The summed E-state index contributed by atoms with van der Waals surface area (Å²) in [6.07, 6.45) is 0.556. The van der Waals surface area contributed by atoms with Gasteiger partial charge in [0.15, 0.2) is 0 Å². The van der Waals surface area contributed by atoms with Crippen LogP contribution in [0.2, 0.25) is 0 Å². The number of aliphatic carboxylic acids is 1. The van der Waals surface area contributed by atoms with Crippen molar-refractivity contribution in [3.8, 4) is 0 Å². The van der Waals surface area contributed by atoms with E-state index in [1.165, 1.54) is 0 Å². The summed E-state index contributed by atoms with van der Waals surface area (Å²) in [5, 5.41) is 11.8. The minimum atomic E-state index is -0.900. The lowest BCUT2D eigenvalue weighted by atomic mass is 9.87. The van der Waals surface area contributed by atoms with Crippen LogP contribution in [0.5, 0.6) is 0 Å². The van der Waals surface area contributed by atoms with Gasteiger partial charge in [0.25, 0.3) is 5.91 Å². The molecule has 1 aromatic heterocycles. The zero-order chi connectivity index (χ0) is 15.5. The molecular weight excluding hydrogens is 256 g/mol. The number of rotatable bonds is 5. The molecule has 1 heterocycles. The van der Waals surface area contributed by atoms with Gasteiger partial charge in [0.1, 0.15) is 5.69 Å². The average molecular weight is 280 g/mol. The lowest BCUT2D eigenvalue weighted by molar-refractivity contribution is -0.137. The molecule has 5 heteroatoms. The van der Waals surface area contributed by atoms with E-state index in [0.29, 0.717) is 12.1 Å². The van der Waals surface area contributed by atoms with E-state index in [1.54, 1.807) is 10.6 Å². The fraction of sp³-hybridized carbons (Fsp3) is 0.600. The molecule has 1 unspecified atom stereocenters. The SMILES string of the molecule is Cc1ccc(C(=O)NC(CC(=O)O)CC(C)(C)C)n1C. The number of amides is 1.